The van der Waals surface area contributed by atoms with Crippen molar-refractivity contribution in [1.82, 2.24) is 0 Å². The van der Waals surface area contributed by atoms with Crippen molar-refractivity contribution in [2.24, 2.45) is 0 Å². The van der Waals surface area contributed by atoms with Crippen LogP contribution in [0.5, 0.6) is 0 Å². The Labute approximate surface area is 397 Å². The number of hydrogen-bond acceptors (Lipinski definition) is 6. The largest absolute Gasteiger partial charge is 0.462 e. The molecule has 6 nitrogen and oxygen atoms in total. The van der Waals surface area contributed by atoms with Gasteiger partial charge in [-0.05, 0) is 83.5 Å². The van der Waals surface area contributed by atoms with Crippen molar-refractivity contribution in [2.45, 2.75) is 290 Å². The maximum absolute atomic E-state index is 12.8. The van der Waals surface area contributed by atoms with Crippen LogP contribution < -0.4 is 0 Å². The summed E-state index contributed by atoms with van der Waals surface area (Å²) in [5, 5.41) is 0. The van der Waals surface area contributed by atoms with Crippen LogP contribution in [0.1, 0.15) is 284 Å². The fraction of sp³-hybridized carbons (Fsp3) is 0.810. The fourth-order valence-electron chi connectivity index (χ4n) is 7.86. The quantitative estimate of drug-likeness (QED) is 0.0262. The highest BCUT2D eigenvalue weighted by Gasteiger charge is 2.19. The summed E-state index contributed by atoms with van der Waals surface area (Å²) in [5.74, 6) is -0.890. The molecule has 0 saturated carbocycles. The minimum absolute atomic E-state index is 0.0774. The minimum atomic E-state index is -0.777. The van der Waals surface area contributed by atoms with E-state index in [2.05, 4.69) is 69.4 Å². The van der Waals surface area contributed by atoms with Crippen LogP contribution in [0, 0.1) is 0 Å². The van der Waals surface area contributed by atoms with Crippen LogP contribution >= 0.6 is 0 Å². The molecule has 0 spiro atoms. The lowest BCUT2D eigenvalue weighted by Gasteiger charge is -2.18. The molecule has 64 heavy (non-hydrogen) atoms. The SMILES string of the molecule is CCCCCCC/C=C\C/C=C\C/C=C\CCCCCCCCC(=O)OCC(COC(=O)CCCCCCCCCC)OC(=O)CCCCCCCCC/C=C\CCCCCCCC. The predicted molar refractivity (Wildman–Crippen MR) is 275 cm³/mol. The van der Waals surface area contributed by atoms with E-state index in [1.165, 1.54) is 167 Å². The molecule has 1 unspecified atom stereocenters. The van der Waals surface area contributed by atoms with Crippen molar-refractivity contribution < 1.29 is 28.6 Å². The number of allylic oxidation sites excluding steroid dienone is 8. The van der Waals surface area contributed by atoms with Crippen molar-refractivity contribution in [3.8, 4) is 0 Å². The zero-order valence-corrected chi connectivity index (χ0v) is 42.6. The van der Waals surface area contributed by atoms with Gasteiger partial charge in [-0.3, -0.25) is 14.4 Å². The first-order valence-corrected chi connectivity index (χ1v) is 27.6. The number of ether oxygens (including phenoxy) is 3. The summed E-state index contributed by atoms with van der Waals surface area (Å²) in [5.41, 5.74) is 0. The van der Waals surface area contributed by atoms with Crippen LogP contribution in [0.2, 0.25) is 0 Å². The number of carbonyl (C=O) groups is 3. The highest BCUT2D eigenvalue weighted by molar-refractivity contribution is 5.71. The van der Waals surface area contributed by atoms with Gasteiger partial charge in [0.25, 0.3) is 0 Å². The molecule has 0 aromatic rings. The van der Waals surface area contributed by atoms with Gasteiger partial charge in [0.1, 0.15) is 13.2 Å². The van der Waals surface area contributed by atoms with E-state index in [4.69, 9.17) is 14.2 Å². The maximum atomic E-state index is 12.8. The van der Waals surface area contributed by atoms with E-state index in [9.17, 15) is 14.4 Å². The number of carbonyl (C=O) groups excluding carboxylic acids is 3. The van der Waals surface area contributed by atoms with Gasteiger partial charge >= 0.3 is 17.9 Å². The smallest absolute Gasteiger partial charge is 0.306 e. The van der Waals surface area contributed by atoms with E-state index in [-0.39, 0.29) is 31.1 Å². The Bertz CT molecular complexity index is 1120. The first-order chi connectivity index (χ1) is 31.5. The zero-order valence-electron chi connectivity index (χ0n) is 42.6. The highest BCUT2D eigenvalue weighted by atomic mass is 16.6. The van der Waals surface area contributed by atoms with Gasteiger partial charge in [-0.2, -0.15) is 0 Å². The summed E-state index contributed by atoms with van der Waals surface area (Å²) in [7, 11) is 0. The summed E-state index contributed by atoms with van der Waals surface area (Å²) in [6.45, 7) is 6.60. The van der Waals surface area contributed by atoms with Crippen molar-refractivity contribution >= 4 is 17.9 Å². The molecule has 0 rings (SSSR count). The number of rotatable bonds is 50. The monoisotopic (exact) mass is 897 g/mol. The molecular formula is C58H104O6. The molecule has 0 radical (unpaired) electrons. The molecule has 0 aromatic carbocycles. The summed E-state index contributed by atoms with van der Waals surface area (Å²) in [4.78, 5) is 37.9. The first kappa shape index (κ1) is 61.4. The lowest BCUT2D eigenvalue weighted by atomic mass is 10.1. The fourth-order valence-corrected chi connectivity index (χ4v) is 7.86. The molecule has 0 bridgehead atoms. The molecule has 0 amide bonds. The summed E-state index contributed by atoms with van der Waals surface area (Å²) in [6.07, 6.45) is 63.9. The van der Waals surface area contributed by atoms with Gasteiger partial charge in [-0.1, -0.05) is 230 Å². The van der Waals surface area contributed by atoms with E-state index in [0.29, 0.717) is 19.3 Å². The second kappa shape index (κ2) is 53.0. The van der Waals surface area contributed by atoms with E-state index in [1.807, 2.05) is 0 Å². The second-order valence-corrected chi connectivity index (χ2v) is 18.5. The molecule has 0 fully saturated rings. The molecule has 1 atom stereocenters. The topological polar surface area (TPSA) is 78.9 Å². The lowest BCUT2D eigenvalue weighted by Crippen LogP contribution is -2.30. The van der Waals surface area contributed by atoms with Gasteiger partial charge in [0.15, 0.2) is 6.10 Å². The maximum Gasteiger partial charge on any atom is 0.306 e. The van der Waals surface area contributed by atoms with Crippen LogP contribution in [0.15, 0.2) is 48.6 Å². The van der Waals surface area contributed by atoms with Crippen LogP contribution in [-0.4, -0.2) is 37.2 Å². The summed E-state index contributed by atoms with van der Waals surface area (Å²) >= 11 is 0. The normalized spacial score (nSPS) is 12.4. The Hall–Kier alpha value is -2.63. The second-order valence-electron chi connectivity index (χ2n) is 18.5. The van der Waals surface area contributed by atoms with Crippen molar-refractivity contribution in [2.75, 3.05) is 13.2 Å². The highest BCUT2D eigenvalue weighted by Crippen LogP contribution is 2.15. The Morgan fingerprint density at radius 1 is 0.312 bits per heavy atom. The van der Waals surface area contributed by atoms with Crippen LogP contribution in [0.3, 0.4) is 0 Å². The third kappa shape index (κ3) is 50.4. The van der Waals surface area contributed by atoms with E-state index < -0.39 is 6.10 Å². The van der Waals surface area contributed by atoms with Gasteiger partial charge in [-0.15, -0.1) is 0 Å². The van der Waals surface area contributed by atoms with E-state index in [0.717, 1.165) is 77.0 Å². The summed E-state index contributed by atoms with van der Waals surface area (Å²) < 4.78 is 16.8. The van der Waals surface area contributed by atoms with Gasteiger partial charge in [0.05, 0.1) is 0 Å². The Morgan fingerprint density at radius 3 is 0.891 bits per heavy atom. The van der Waals surface area contributed by atoms with E-state index >= 15 is 0 Å². The van der Waals surface area contributed by atoms with Crippen molar-refractivity contribution in [1.29, 1.82) is 0 Å². The third-order valence-corrected chi connectivity index (χ3v) is 12.1. The third-order valence-electron chi connectivity index (χ3n) is 12.1. The Morgan fingerprint density at radius 2 is 0.562 bits per heavy atom. The average Bonchev–Trinajstić information content (AvgIpc) is 3.29. The number of hydrogen-bond donors (Lipinski definition) is 0. The lowest BCUT2D eigenvalue weighted by molar-refractivity contribution is -0.167. The molecule has 372 valence electrons. The van der Waals surface area contributed by atoms with Gasteiger partial charge in [-0.25, -0.2) is 0 Å². The molecule has 0 aromatic heterocycles. The molecule has 0 heterocycles. The molecule has 0 aliphatic rings. The number of esters is 3. The molecule has 0 aliphatic carbocycles. The molecular weight excluding hydrogens is 793 g/mol. The Kier molecular flexibility index (Phi) is 50.8. The Balaban J connectivity index is 4.28. The first-order valence-electron chi connectivity index (χ1n) is 27.6. The standard InChI is InChI=1S/C58H104O6/c1-4-7-10-13-16-19-21-23-25-27-28-29-30-32-33-35-37-39-42-45-48-51-57(60)63-54-55(53-62-56(59)50-47-44-41-18-15-12-9-6-3)64-58(61)52-49-46-43-40-38-36-34-31-26-24-22-20-17-14-11-8-5-2/h21,23-24,26-28,30,32,55H,4-20,22,25,29,31,33-54H2,1-3H3/b23-21-,26-24-,28-27-,32-30-. The van der Waals surface area contributed by atoms with Crippen molar-refractivity contribution in [3.05, 3.63) is 48.6 Å². The van der Waals surface area contributed by atoms with Crippen LogP contribution in [-0.2, 0) is 28.6 Å². The van der Waals surface area contributed by atoms with Gasteiger partial charge in [0, 0.05) is 19.3 Å². The van der Waals surface area contributed by atoms with Gasteiger partial charge in [0.2, 0.25) is 0 Å². The predicted octanol–water partition coefficient (Wildman–Crippen LogP) is 18.3. The van der Waals surface area contributed by atoms with E-state index in [1.54, 1.807) is 0 Å². The van der Waals surface area contributed by atoms with Gasteiger partial charge < -0.3 is 14.2 Å². The molecule has 0 aliphatic heterocycles. The summed E-state index contributed by atoms with van der Waals surface area (Å²) in [6, 6.07) is 0. The zero-order chi connectivity index (χ0) is 46.5. The average molecular weight is 897 g/mol. The molecule has 6 heteroatoms. The molecule has 0 saturated heterocycles. The van der Waals surface area contributed by atoms with Crippen LogP contribution in [0.25, 0.3) is 0 Å². The molecule has 0 N–H and O–H groups in total. The van der Waals surface area contributed by atoms with Crippen molar-refractivity contribution in [3.63, 3.8) is 0 Å². The van der Waals surface area contributed by atoms with Crippen LogP contribution in [0.4, 0.5) is 0 Å². The minimum Gasteiger partial charge on any atom is -0.462 e. The number of unbranched alkanes of at least 4 members (excludes halogenated alkanes) is 31.